The van der Waals surface area contributed by atoms with Crippen molar-refractivity contribution in [3.05, 3.63) is 114 Å². The van der Waals surface area contributed by atoms with Crippen LogP contribution in [0.25, 0.3) is 33.0 Å². The summed E-state index contributed by atoms with van der Waals surface area (Å²) in [4.78, 5) is 0. The Labute approximate surface area is 255 Å². The summed E-state index contributed by atoms with van der Waals surface area (Å²) in [5.41, 5.74) is 8.50. The van der Waals surface area contributed by atoms with Gasteiger partial charge in [-0.1, -0.05) is 111 Å². The first-order chi connectivity index (χ1) is 19.0. The fourth-order valence-electron chi connectivity index (χ4n) is 5.13. The average Bonchev–Trinajstić information content (AvgIpc) is 3.59. The molecule has 0 nitrogen and oxygen atoms in total. The summed E-state index contributed by atoms with van der Waals surface area (Å²) in [6.45, 7) is 9.21. The number of hydrogen-bond acceptors (Lipinski definition) is 0. The van der Waals surface area contributed by atoms with E-state index >= 15 is 0 Å². The summed E-state index contributed by atoms with van der Waals surface area (Å²) in [7, 11) is 10.7. The maximum atomic E-state index is 4.93. The molecule has 0 saturated heterocycles. The molecule has 2 radical (unpaired) electrons. The van der Waals surface area contributed by atoms with Crippen molar-refractivity contribution in [2.75, 3.05) is 0 Å². The molecule has 0 N–H and O–H groups in total. The minimum absolute atomic E-state index is 0.580. The molecule has 6 rings (SSSR count). The van der Waals surface area contributed by atoms with Crippen LogP contribution >= 0.6 is 17.0 Å². The fourth-order valence-corrected chi connectivity index (χ4v) is 6.44. The molecule has 0 saturated carbocycles. The third kappa shape index (κ3) is 7.09. The predicted octanol–water partition coefficient (Wildman–Crippen LogP) is 9.75. The van der Waals surface area contributed by atoms with E-state index in [4.69, 9.17) is 17.0 Å². The molecule has 0 aromatic heterocycles. The van der Waals surface area contributed by atoms with Crippen LogP contribution in [0.2, 0.25) is 0 Å². The molecule has 1 aliphatic rings. The second kappa shape index (κ2) is 14.7. The molecule has 0 amide bonds. The van der Waals surface area contributed by atoms with Gasteiger partial charge in [-0.2, -0.15) is 35.5 Å². The molecule has 0 aliphatic carbocycles. The van der Waals surface area contributed by atoms with Gasteiger partial charge in [0.2, 0.25) is 0 Å². The first-order valence-corrected chi connectivity index (χ1v) is 21.0. The third-order valence-electron chi connectivity index (χ3n) is 7.66. The molecule has 5 aromatic rings. The molecular formula is C35H34Cl2SiZr. The van der Waals surface area contributed by atoms with Gasteiger partial charge in [-0.15, -0.1) is 40.1 Å². The summed E-state index contributed by atoms with van der Waals surface area (Å²) in [6, 6.07) is 38.5. The Bertz CT molecular complexity index is 1450. The molecule has 2 atom stereocenters. The predicted molar refractivity (Wildman–Crippen MR) is 170 cm³/mol. The quantitative estimate of drug-likeness (QED) is 0.130. The van der Waals surface area contributed by atoms with Gasteiger partial charge in [0.1, 0.15) is 0 Å². The van der Waals surface area contributed by atoms with Gasteiger partial charge >= 0.3 is 37.9 Å². The second-order valence-electron chi connectivity index (χ2n) is 10.0. The van der Waals surface area contributed by atoms with Crippen LogP contribution in [-0.4, -0.2) is 9.52 Å². The molecule has 196 valence electrons. The van der Waals surface area contributed by atoms with Crippen LogP contribution in [0.4, 0.5) is 0 Å². The van der Waals surface area contributed by atoms with E-state index in [1.807, 2.05) is 6.07 Å². The van der Waals surface area contributed by atoms with Crippen molar-refractivity contribution in [3.8, 4) is 22.3 Å². The number of benzene rings is 4. The number of halogens is 2. The molecule has 0 bridgehead atoms. The minimum Gasteiger partial charge on any atom is -0.184 e. The van der Waals surface area contributed by atoms with E-state index in [1.54, 1.807) is 0 Å². The number of hydrogen-bond donors (Lipinski definition) is 0. The minimum atomic E-state index is -0.826. The van der Waals surface area contributed by atoms with Gasteiger partial charge in [-0.3, -0.25) is 0 Å². The summed E-state index contributed by atoms with van der Waals surface area (Å²) >= 11 is -0.826. The van der Waals surface area contributed by atoms with E-state index in [0.717, 1.165) is 9.52 Å². The summed E-state index contributed by atoms with van der Waals surface area (Å²) < 4.78 is 0. The van der Waals surface area contributed by atoms with E-state index in [0.29, 0.717) is 11.8 Å². The number of rotatable bonds is 5. The zero-order valence-electron chi connectivity index (χ0n) is 23.1. The zero-order chi connectivity index (χ0) is 27.8. The zero-order valence-corrected chi connectivity index (χ0v) is 28.0. The van der Waals surface area contributed by atoms with E-state index in [1.165, 1.54) is 67.4 Å². The normalized spacial score (nSPS) is 12.7. The maximum Gasteiger partial charge on any atom is 0.0920 e. The van der Waals surface area contributed by atoms with Crippen LogP contribution < -0.4 is 10.4 Å². The Hall–Kier alpha value is -1.83. The second-order valence-corrected chi connectivity index (χ2v) is 15.0. The van der Waals surface area contributed by atoms with Crippen LogP contribution in [0, 0.1) is 6.07 Å². The largest absolute Gasteiger partial charge is 0.184 e. The summed E-state index contributed by atoms with van der Waals surface area (Å²) in [6.07, 6.45) is 2.36. The molecule has 1 aliphatic heterocycles. The van der Waals surface area contributed by atoms with Crippen LogP contribution in [-0.2, 0) is 20.8 Å². The van der Waals surface area contributed by atoms with Crippen LogP contribution in [0.3, 0.4) is 0 Å². The molecule has 0 spiro atoms. The van der Waals surface area contributed by atoms with Gasteiger partial charge < -0.3 is 0 Å². The SMILES string of the molecule is CCC(C)c1cc2c(-c3ccccc3)c(C(C)CC)ccc2[cH-]1.[Cl][Zr+2][Cl].[c-]1cccc2c1[Si]c1ccccc1-2. The first kappa shape index (κ1) is 30.1. The van der Waals surface area contributed by atoms with Crippen LogP contribution in [0.5, 0.6) is 0 Å². The first-order valence-electron chi connectivity index (χ1n) is 13.6. The Kier molecular flexibility index (Phi) is 11.4. The van der Waals surface area contributed by atoms with Crippen molar-refractivity contribution in [3.63, 3.8) is 0 Å². The Morgan fingerprint density at radius 1 is 0.821 bits per heavy atom. The monoisotopic (exact) mass is 642 g/mol. The van der Waals surface area contributed by atoms with Gasteiger partial charge in [0.25, 0.3) is 0 Å². The molecule has 2 unspecified atom stereocenters. The van der Waals surface area contributed by atoms with E-state index in [9.17, 15) is 0 Å². The molecule has 0 fully saturated rings. The average molecular weight is 645 g/mol. The van der Waals surface area contributed by atoms with Crippen molar-refractivity contribution >= 4 is 47.7 Å². The summed E-state index contributed by atoms with van der Waals surface area (Å²) in [5.74, 6) is 1.20. The summed E-state index contributed by atoms with van der Waals surface area (Å²) in [5, 5.41) is 5.62. The van der Waals surface area contributed by atoms with Crippen molar-refractivity contribution in [2.24, 2.45) is 0 Å². The molecule has 1 heterocycles. The van der Waals surface area contributed by atoms with Gasteiger partial charge in [0, 0.05) is 0 Å². The number of fused-ring (bicyclic) bond motifs is 4. The van der Waals surface area contributed by atoms with Gasteiger partial charge in [-0.25, -0.2) is 0 Å². The molecule has 39 heavy (non-hydrogen) atoms. The van der Waals surface area contributed by atoms with Crippen LogP contribution in [0.15, 0.2) is 97.1 Å². The van der Waals surface area contributed by atoms with Gasteiger partial charge in [0.05, 0.1) is 9.52 Å². The molecule has 4 heteroatoms. The van der Waals surface area contributed by atoms with Crippen molar-refractivity contribution < 1.29 is 20.8 Å². The van der Waals surface area contributed by atoms with Crippen molar-refractivity contribution in [2.45, 2.75) is 52.4 Å². The Morgan fingerprint density at radius 2 is 1.49 bits per heavy atom. The van der Waals surface area contributed by atoms with Crippen molar-refractivity contribution in [1.82, 2.24) is 0 Å². The standard InChI is InChI=1S/C23H27.C12H7Si.2ClH.Zr/c1-5-16(3)20-14-19-12-13-21(17(4)6-2)23(22(19)15-20)18-10-8-7-9-11-18;1-3-7-11-9(5-1)10-6-2-4-8-12(10)13-11;;;/h7-17H,5-6H2,1-4H3;1-7H;2*1H;/q2*-1;;;+4/p-2. The molecular weight excluding hydrogens is 611 g/mol. The smallest absolute Gasteiger partial charge is 0.0920 e. The fraction of sp³-hybridized carbons (Fsp3) is 0.229. The van der Waals surface area contributed by atoms with Gasteiger partial charge in [0.15, 0.2) is 0 Å². The van der Waals surface area contributed by atoms with Crippen LogP contribution in [0.1, 0.15) is 63.5 Å². The Balaban J connectivity index is 0.000000184. The van der Waals surface area contributed by atoms with Gasteiger partial charge in [-0.05, 0) is 23.8 Å². The Morgan fingerprint density at radius 3 is 2.21 bits per heavy atom. The van der Waals surface area contributed by atoms with E-state index in [-0.39, 0.29) is 0 Å². The topological polar surface area (TPSA) is 0 Å². The molecule has 5 aromatic carbocycles. The van der Waals surface area contributed by atoms with E-state index < -0.39 is 20.8 Å². The van der Waals surface area contributed by atoms with E-state index in [2.05, 4.69) is 125 Å². The van der Waals surface area contributed by atoms with Crippen molar-refractivity contribution in [1.29, 1.82) is 0 Å². The third-order valence-corrected chi connectivity index (χ3v) is 9.03. The maximum absolute atomic E-state index is 4.93.